The molecule has 0 saturated carbocycles. The highest BCUT2D eigenvalue weighted by molar-refractivity contribution is 7.78. The van der Waals surface area contributed by atoms with Crippen molar-refractivity contribution in [3.8, 4) is 6.07 Å². The monoisotopic (exact) mass is 181 g/mol. The zero-order chi connectivity index (χ0) is 9.23. The number of methoxy groups -OCH3 is 1. The molecular formula is C9H11NOS. The molecule has 64 valence electrons. The molecule has 0 unspecified atom stereocenters. The van der Waals surface area contributed by atoms with Crippen molar-refractivity contribution in [2.75, 3.05) is 7.11 Å². The van der Waals surface area contributed by atoms with Crippen LogP contribution in [-0.4, -0.2) is 12.5 Å². The second-order valence-corrected chi connectivity index (χ2v) is 2.31. The Kier molecular flexibility index (Phi) is 7.21. The van der Waals surface area contributed by atoms with Crippen LogP contribution in [0, 0.1) is 11.3 Å². The van der Waals surface area contributed by atoms with Gasteiger partial charge >= 0.3 is 0 Å². The molecule has 0 aromatic rings. The maximum atomic E-state index is 8.29. The lowest BCUT2D eigenvalue weighted by Crippen LogP contribution is -1.81. The highest BCUT2D eigenvalue weighted by Gasteiger charge is 1.86. The van der Waals surface area contributed by atoms with Gasteiger partial charge in [-0.3, -0.25) is 0 Å². The maximum Gasteiger partial charge on any atom is 0.115 e. The molecule has 0 radical (unpaired) electrons. The third-order valence-electron chi connectivity index (χ3n) is 1.14. The van der Waals surface area contributed by atoms with Crippen molar-refractivity contribution in [1.29, 1.82) is 5.26 Å². The first-order chi connectivity index (χ1) is 5.85. The van der Waals surface area contributed by atoms with E-state index in [0.717, 1.165) is 6.42 Å². The predicted molar refractivity (Wildman–Crippen MR) is 52.7 cm³/mol. The van der Waals surface area contributed by atoms with Crippen LogP contribution in [0.5, 0.6) is 0 Å². The maximum absolute atomic E-state index is 8.29. The Morgan fingerprint density at radius 3 is 2.92 bits per heavy atom. The summed E-state index contributed by atoms with van der Waals surface area (Å²) < 4.78 is 4.97. The molecule has 0 amide bonds. The topological polar surface area (TPSA) is 33.0 Å². The molecule has 0 heterocycles. The largest absolute Gasteiger partial charge is 0.497 e. The van der Waals surface area contributed by atoms with Crippen molar-refractivity contribution in [2.24, 2.45) is 0 Å². The molecule has 0 aliphatic heterocycles. The lowest BCUT2D eigenvalue weighted by atomic mass is 10.3. The van der Waals surface area contributed by atoms with Crippen molar-refractivity contribution in [1.82, 2.24) is 0 Å². The summed E-state index contributed by atoms with van der Waals surface area (Å²) in [6.07, 6.45) is 6.52. The van der Waals surface area contributed by atoms with Crippen molar-refractivity contribution >= 4 is 17.6 Å². The SMILES string of the molecule is COC(/C=C\CC=S)=C/CC#N. The van der Waals surface area contributed by atoms with Gasteiger partial charge in [0.15, 0.2) is 0 Å². The summed E-state index contributed by atoms with van der Waals surface area (Å²) >= 11 is 4.64. The first-order valence-electron chi connectivity index (χ1n) is 3.56. The molecule has 0 rings (SSSR count). The average molecular weight is 181 g/mol. The van der Waals surface area contributed by atoms with Crippen LogP contribution in [0.25, 0.3) is 0 Å². The van der Waals surface area contributed by atoms with E-state index in [1.807, 2.05) is 12.1 Å². The van der Waals surface area contributed by atoms with E-state index in [-0.39, 0.29) is 0 Å². The van der Waals surface area contributed by atoms with Crippen LogP contribution in [0.2, 0.25) is 0 Å². The fourth-order valence-corrected chi connectivity index (χ4v) is 0.717. The zero-order valence-corrected chi connectivity index (χ0v) is 7.80. The Morgan fingerprint density at radius 1 is 1.67 bits per heavy atom. The van der Waals surface area contributed by atoms with E-state index in [0.29, 0.717) is 12.2 Å². The summed E-state index contributed by atoms with van der Waals surface area (Å²) in [5, 5.41) is 9.92. The summed E-state index contributed by atoms with van der Waals surface area (Å²) in [6.45, 7) is 0. The minimum atomic E-state index is 0.366. The van der Waals surface area contributed by atoms with E-state index in [1.54, 1.807) is 24.6 Å². The Hall–Kier alpha value is -1.14. The zero-order valence-electron chi connectivity index (χ0n) is 6.99. The third kappa shape index (κ3) is 5.63. The van der Waals surface area contributed by atoms with E-state index in [9.17, 15) is 0 Å². The highest BCUT2D eigenvalue weighted by atomic mass is 32.1. The smallest absolute Gasteiger partial charge is 0.115 e. The van der Waals surface area contributed by atoms with Crippen LogP contribution >= 0.6 is 12.2 Å². The number of thiocarbonyl (C=S) groups is 1. The molecule has 0 saturated heterocycles. The lowest BCUT2D eigenvalue weighted by molar-refractivity contribution is 0.305. The first kappa shape index (κ1) is 10.9. The van der Waals surface area contributed by atoms with Gasteiger partial charge in [-0.25, -0.2) is 0 Å². The summed E-state index contributed by atoms with van der Waals surface area (Å²) in [5.41, 5.74) is 0. The molecule has 0 aliphatic carbocycles. The Morgan fingerprint density at radius 2 is 2.42 bits per heavy atom. The van der Waals surface area contributed by atoms with Gasteiger partial charge in [-0.05, 0) is 23.9 Å². The lowest BCUT2D eigenvalue weighted by Gasteiger charge is -1.96. The van der Waals surface area contributed by atoms with Gasteiger partial charge in [-0.15, -0.1) is 0 Å². The normalized spacial score (nSPS) is 11.2. The number of nitrogens with zero attached hydrogens (tertiary/aromatic N) is 1. The minimum Gasteiger partial charge on any atom is -0.497 e. The molecule has 0 N–H and O–H groups in total. The molecule has 0 aromatic heterocycles. The second kappa shape index (κ2) is 7.96. The highest BCUT2D eigenvalue weighted by Crippen LogP contribution is 1.99. The summed E-state index contributed by atoms with van der Waals surface area (Å²) in [7, 11) is 1.57. The van der Waals surface area contributed by atoms with Gasteiger partial charge in [0.25, 0.3) is 0 Å². The van der Waals surface area contributed by atoms with Gasteiger partial charge in [-0.1, -0.05) is 18.3 Å². The minimum absolute atomic E-state index is 0.366. The van der Waals surface area contributed by atoms with Crippen LogP contribution in [0.15, 0.2) is 24.0 Å². The van der Waals surface area contributed by atoms with E-state index in [4.69, 9.17) is 10.00 Å². The first-order valence-corrected chi connectivity index (χ1v) is 4.03. The van der Waals surface area contributed by atoms with Crippen LogP contribution in [0.1, 0.15) is 12.8 Å². The molecule has 0 spiro atoms. The van der Waals surface area contributed by atoms with E-state index < -0.39 is 0 Å². The molecule has 3 heteroatoms. The third-order valence-corrected chi connectivity index (χ3v) is 1.34. The fourth-order valence-electron chi connectivity index (χ4n) is 0.605. The molecular weight excluding hydrogens is 170 g/mol. The number of nitriles is 1. The molecule has 0 bridgehead atoms. The molecule has 2 nitrogen and oxygen atoms in total. The number of hydrogen-bond acceptors (Lipinski definition) is 3. The Balaban J connectivity index is 3.99. The van der Waals surface area contributed by atoms with Gasteiger partial charge in [0, 0.05) is 0 Å². The van der Waals surface area contributed by atoms with Crippen molar-refractivity contribution in [3.05, 3.63) is 24.0 Å². The Bertz CT molecular complexity index is 225. The average Bonchev–Trinajstić information content (AvgIpc) is 2.11. The number of allylic oxidation sites excluding steroid dienone is 3. The second-order valence-electron chi connectivity index (χ2n) is 1.98. The quantitative estimate of drug-likeness (QED) is 0.371. The number of hydrogen-bond donors (Lipinski definition) is 0. The van der Waals surface area contributed by atoms with Crippen LogP contribution < -0.4 is 0 Å². The summed E-state index contributed by atoms with van der Waals surface area (Å²) in [4.78, 5) is 0. The molecule has 12 heavy (non-hydrogen) atoms. The molecule has 0 atom stereocenters. The van der Waals surface area contributed by atoms with Crippen molar-refractivity contribution < 1.29 is 4.74 Å². The van der Waals surface area contributed by atoms with E-state index >= 15 is 0 Å². The van der Waals surface area contributed by atoms with Crippen molar-refractivity contribution in [3.63, 3.8) is 0 Å². The Labute approximate surface area is 78.1 Å². The van der Waals surface area contributed by atoms with Gasteiger partial charge in [-0.2, -0.15) is 5.26 Å². The fraction of sp³-hybridized carbons (Fsp3) is 0.333. The summed E-state index contributed by atoms with van der Waals surface area (Å²) in [6, 6.07) is 2.00. The van der Waals surface area contributed by atoms with Crippen molar-refractivity contribution in [2.45, 2.75) is 12.8 Å². The predicted octanol–water partition coefficient (Wildman–Crippen LogP) is 2.38. The van der Waals surface area contributed by atoms with E-state index in [1.165, 1.54) is 0 Å². The van der Waals surface area contributed by atoms with Gasteiger partial charge < -0.3 is 4.74 Å². The molecule has 0 fully saturated rings. The van der Waals surface area contributed by atoms with Crippen LogP contribution in [0.4, 0.5) is 0 Å². The summed E-state index contributed by atoms with van der Waals surface area (Å²) in [5.74, 6) is 0.702. The molecule has 0 aromatic carbocycles. The number of ether oxygens (including phenoxy) is 1. The van der Waals surface area contributed by atoms with Crippen LogP contribution in [-0.2, 0) is 4.74 Å². The standard InChI is InChI=1S/C9H11NOS/c1-11-9(6-4-7-10)5-2-3-8-12/h2,5-6,8H,3-4H2,1H3/b5-2-,9-6+. The van der Waals surface area contributed by atoms with Gasteiger partial charge in [0.1, 0.15) is 5.76 Å². The van der Waals surface area contributed by atoms with Gasteiger partial charge in [0.05, 0.1) is 19.6 Å². The van der Waals surface area contributed by atoms with E-state index in [2.05, 4.69) is 12.2 Å². The van der Waals surface area contributed by atoms with Gasteiger partial charge in [0.2, 0.25) is 0 Å². The molecule has 0 aliphatic rings. The van der Waals surface area contributed by atoms with Crippen LogP contribution in [0.3, 0.4) is 0 Å². The number of rotatable bonds is 5.